The van der Waals surface area contributed by atoms with Crippen LogP contribution in [0.15, 0.2) is 49.1 Å². The van der Waals surface area contributed by atoms with Crippen LogP contribution >= 0.6 is 0 Å². The third-order valence-corrected chi connectivity index (χ3v) is 7.27. The number of pyridine rings is 1. The summed E-state index contributed by atoms with van der Waals surface area (Å²) in [5.74, 6) is 1.63. The molecule has 2 aliphatic rings. The summed E-state index contributed by atoms with van der Waals surface area (Å²) in [5.41, 5.74) is 4.60. The molecule has 2 aliphatic heterocycles. The Hall–Kier alpha value is -3.26. The molecule has 1 N–H and O–H groups in total. The van der Waals surface area contributed by atoms with E-state index in [4.69, 9.17) is 9.72 Å². The molecule has 4 heterocycles. The highest BCUT2D eigenvalue weighted by Gasteiger charge is 2.27. The molecule has 0 saturated carbocycles. The van der Waals surface area contributed by atoms with Crippen LogP contribution in [0.1, 0.15) is 48.4 Å². The van der Waals surface area contributed by atoms with Crippen molar-refractivity contribution in [1.82, 2.24) is 24.6 Å². The summed E-state index contributed by atoms with van der Waals surface area (Å²) >= 11 is 0. The highest BCUT2D eigenvalue weighted by molar-refractivity contribution is 5.70. The molecule has 5 rings (SSSR count). The summed E-state index contributed by atoms with van der Waals surface area (Å²) in [5, 5.41) is 7.68. The van der Waals surface area contributed by atoms with Gasteiger partial charge in [0.05, 0.1) is 19.2 Å². The number of anilines is 1. The van der Waals surface area contributed by atoms with Gasteiger partial charge in [0.25, 0.3) is 0 Å². The molecule has 2 aromatic heterocycles. The van der Waals surface area contributed by atoms with Gasteiger partial charge in [-0.1, -0.05) is 18.2 Å². The van der Waals surface area contributed by atoms with Crippen molar-refractivity contribution in [3.05, 3.63) is 65.9 Å². The summed E-state index contributed by atoms with van der Waals surface area (Å²) in [4.78, 5) is 23.6. The van der Waals surface area contributed by atoms with E-state index in [0.717, 1.165) is 62.5 Å². The SMILES string of the molecule is COC(=O)CC(CN1CC[C@@H](CCc2ccc3c(n2)NCCC3)C1)c1cccc(-n2cncn2)c1. The lowest BCUT2D eigenvalue weighted by molar-refractivity contribution is -0.141. The van der Waals surface area contributed by atoms with Crippen molar-refractivity contribution >= 4 is 11.8 Å². The van der Waals surface area contributed by atoms with E-state index >= 15 is 0 Å². The van der Waals surface area contributed by atoms with E-state index in [1.54, 1.807) is 11.0 Å². The average Bonchev–Trinajstić information content (AvgIpc) is 3.60. The first-order valence-electron chi connectivity index (χ1n) is 12.6. The molecule has 1 saturated heterocycles. The topological polar surface area (TPSA) is 85.2 Å². The predicted octanol–water partition coefficient (Wildman–Crippen LogP) is 3.62. The monoisotopic (exact) mass is 474 g/mol. The Balaban J connectivity index is 1.20. The van der Waals surface area contributed by atoms with Crippen LogP contribution in [-0.2, 0) is 22.4 Å². The van der Waals surface area contributed by atoms with Crippen molar-refractivity contribution < 1.29 is 9.53 Å². The van der Waals surface area contributed by atoms with Gasteiger partial charge in [0.2, 0.25) is 0 Å². The fourth-order valence-electron chi connectivity index (χ4n) is 5.32. The van der Waals surface area contributed by atoms with Gasteiger partial charge in [0.1, 0.15) is 18.5 Å². The molecule has 8 nitrogen and oxygen atoms in total. The maximum Gasteiger partial charge on any atom is 0.306 e. The van der Waals surface area contributed by atoms with Gasteiger partial charge in [-0.2, -0.15) is 5.10 Å². The number of nitrogens with zero attached hydrogens (tertiary/aromatic N) is 5. The van der Waals surface area contributed by atoms with Crippen molar-refractivity contribution in [2.24, 2.45) is 5.92 Å². The first-order chi connectivity index (χ1) is 17.2. The lowest BCUT2D eigenvalue weighted by atomic mass is 9.94. The van der Waals surface area contributed by atoms with E-state index < -0.39 is 0 Å². The van der Waals surface area contributed by atoms with Crippen molar-refractivity contribution in [2.75, 3.05) is 38.6 Å². The second kappa shape index (κ2) is 11.0. The Bertz CT molecular complexity index is 1130. The molecular formula is C27H34N6O2. The molecular weight excluding hydrogens is 440 g/mol. The molecule has 0 radical (unpaired) electrons. The van der Waals surface area contributed by atoms with Crippen LogP contribution in [0.2, 0.25) is 0 Å². The smallest absolute Gasteiger partial charge is 0.306 e. The minimum Gasteiger partial charge on any atom is -0.469 e. The van der Waals surface area contributed by atoms with Crippen molar-refractivity contribution in [2.45, 2.75) is 44.4 Å². The van der Waals surface area contributed by atoms with Crippen LogP contribution in [0.3, 0.4) is 0 Å². The number of ether oxygens (including phenoxy) is 1. The molecule has 1 aromatic carbocycles. The van der Waals surface area contributed by atoms with Gasteiger partial charge in [-0.05, 0) is 73.9 Å². The molecule has 184 valence electrons. The predicted molar refractivity (Wildman–Crippen MR) is 135 cm³/mol. The highest BCUT2D eigenvalue weighted by atomic mass is 16.5. The van der Waals surface area contributed by atoms with Crippen molar-refractivity contribution in [3.8, 4) is 5.69 Å². The summed E-state index contributed by atoms with van der Waals surface area (Å²) < 4.78 is 6.77. The van der Waals surface area contributed by atoms with Crippen LogP contribution in [0, 0.1) is 5.92 Å². The number of hydrogen-bond acceptors (Lipinski definition) is 7. The van der Waals surface area contributed by atoms with Crippen LogP contribution in [0.25, 0.3) is 5.69 Å². The zero-order valence-corrected chi connectivity index (χ0v) is 20.4. The van der Waals surface area contributed by atoms with Gasteiger partial charge in [0, 0.05) is 31.2 Å². The number of hydrogen-bond donors (Lipinski definition) is 1. The number of aryl methyl sites for hydroxylation is 2. The fraction of sp³-hybridized carbons (Fsp3) is 0.481. The number of esters is 1. The standard InChI is InChI=1S/C27H34N6O2/c1-35-26(34)15-23(22-4-2-6-25(14-22)33-19-28-18-30-33)17-32-13-11-20(16-32)7-9-24-10-8-21-5-3-12-29-27(21)31-24/h2,4,6,8,10,14,18-20,23H,3,5,7,9,11-13,15-17H2,1H3,(H,29,31)/t20-,23?/m1/s1. The first-order valence-corrected chi connectivity index (χ1v) is 12.6. The third kappa shape index (κ3) is 5.88. The van der Waals surface area contributed by atoms with E-state index in [9.17, 15) is 4.79 Å². The molecule has 0 aliphatic carbocycles. The number of rotatable bonds is 9. The zero-order valence-electron chi connectivity index (χ0n) is 20.4. The van der Waals surface area contributed by atoms with Gasteiger partial charge >= 0.3 is 5.97 Å². The Kier molecular flexibility index (Phi) is 7.37. The van der Waals surface area contributed by atoms with Crippen LogP contribution < -0.4 is 5.32 Å². The second-order valence-corrected chi connectivity index (χ2v) is 9.71. The lowest BCUT2D eigenvalue weighted by Crippen LogP contribution is -2.28. The summed E-state index contributed by atoms with van der Waals surface area (Å²) in [6, 6.07) is 12.7. The van der Waals surface area contributed by atoms with Gasteiger partial charge in [-0.25, -0.2) is 14.6 Å². The van der Waals surface area contributed by atoms with Crippen molar-refractivity contribution in [3.63, 3.8) is 0 Å². The minimum absolute atomic E-state index is 0.0676. The molecule has 0 bridgehead atoms. The van der Waals surface area contributed by atoms with E-state index in [-0.39, 0.29) is 11.9 Å². The molecule has 0 amide bonds. The van der Waals surface area contributed by atoms with Crippen molar-refractivity contribution in [1.29, 1.82) is 0 Å². The summed E-state index contributed by atoms with van der Waals surface area (Å²) in [6.07, 6.45) is 9.24. The zero-order chi connectivity index (χ0) is 24.0. The van der Waals surface area contributed by atoms with Gasteiger partial charge in [-0.3, -0.25) is 4.79 Å². The number of aromatic nitrogens is 4. The maximum absolute atomic E-state index is 12.2. The maximum atomic E-state index is 12.2. The normalized spacial score (nSPS) is 18.6. The van der Waals surface area contributed by atoms with Gasteiger partial charge in [-0.15, -0.1) is 0 Å². The molecule has 0 spiro atoms. The first kappa shape index (κ1) is 23.5. The number of likely N-dealkylation sites (tertiary alicyclic amines) is 1. The number of benzene rings is 1. The average molecular weight is 475 g/mol. The third-order valence-electron chi connectivity index (χ3n) is 7.27. The Morgan fingerprint density at radius 2 is 2.23 bits per heavy atom. The highest BCUT2D eigenvalue weighted by Crippen LogP contribution is 2.29. The minimum atomic E-state index is -0.177. The summed E-state index contributed by atoms with van der Waals surface area (Å²) in [7, 11) is 1.46. The number of methoxy groups -OCH3 is 1. The Morgan fingerprint density at radius 1 is 1.29 bits per heavy atom. The molecule has 1 unspecified atom stereocenters. The lowest BCUT2D eigenvalue weighted by Gasteiger charge is -2.24. The number of carbonyl (C=O) groups is 1. The van der Waals surface area contributed by atoms with Gasteiger partial charge in [0.15, 0.2) is 0 Å². The molecule has 8 heteroatoms. The quantitative estimate of drug-likeness (QED) is 0.474. The molecule has 2 atom stereocenters. The Labute approximate surface area is 206 Å². The van der Waals surface area contributed by atoms with E-state index in [2.05, 4.69) is 44.6 Å². The molecule has 35 heavy (non-hydrogen) atoms. The Morgan fingerprint density at radius 3 is 3.09 bits per heavy atom. The fourth-order valence-corrected chi connectivity index (χ4v) is 5.32. The van der Waals surface area contributed by atoms with E-state index in [0.29, 0.717) is 12.3 Å². The van der Waals surface area contributed by atoms with Crippen LogP contribution in [0.4, 0.5) is 5.82 Å². The number of nitrogens with one attached hydrogen (secondary N) is 1. The van der Waals surface area contributed by atoms with E-state index in [1.807, 2.05) is 12.1 Å². The summed E-state index contributed by atoms with van der Waals surface area (Å²) in [6.45, 7) is 3.98. The van der Waals surface area contributed by atoms with Gasteiger partial charge < -0.3 is 15.0 Å². The number of fused-ring (bicyclic) bond motifs is 1. The number of carbonyl (C=O) groups excluding carboxylic acids is 1. The largest absolute Gasteiger partial charge is 0.469 e. The van der Waals surface area contributed by atoms with Crippen LogP contribution in [-0.4, -0.2) is 63.9 Å². The van der Waals surface area contributed by atoms with Crippen LogP contribution in [0.5, 0.6) is 0 Å². The molecule has 1 fully saturated rings. The second-order valence-electron chi connectivity index (χ2n) is 9.71. The van der Waals surface area contributed by atoms with E-state index in [1.165, 1.54) is 37.5 Å². The molecule has 3 aromatic rings.